The van der Waals surface area contributed by atoms with Gasteiger partial charge < -0.3 is 15.5 Å². The third kappa shape index (κ3) is 4.65. The molecule has 92 valence electrons. The molecule has 0 aliphatic carbocycles. The van der Waals surface area contributed by atoms with Crippen molar-refractivity contribution < 1.29 is 10.2 Å². The zero-order chi connectivity index (χ0) is 12.1. The van der Waals surface area contributed by atoms with Crippen molar-refractivity contribution in [3.63, 3.8) is 0 Å². The van der Waals surface area contributed by atoms with Gasteiger partial charge in [0, 0.05) is 11.8 Å². The monoisotopic (exact) mass is 263 g/mol. The van der Waals surface area contributed by atoms with Crippen LogP contribution in [0, 0.1) is 0 Å². The minimum atomic E-state index is -0.726. The van der Waals surface area contributed by atoms with Gasteiger partial charge in [-0.3, -0.25) is 0 Å². The molecule has 5 nitrogen and oxygen atoms in total. The highest BCUT2D eigenvalue weighted by Gasteiger charge is 2.13. The lowest BCUT2D eigenvalue weighted by Gasteiger charge is -2.11. The Bertz CT molecular complexity index is 317. The third-order valence-corrected chi connectivity index (χ3v) is 3.84. The molecule has 7 heteroatoms. The van der Waals surface area contributed by atoms with Gasteiger partial charge in [0.2, 0.25) is 5.13 Å². The van der Waals surface area contributed by atoms with Gasteiger partial charge >= 0.3 is 0 Å². The van der Waals surface area contributed by atoms with E-state index in [1.54, 1.807) is 6.92 Å². The van der Waals surface area contributed by atoms with E-state index in [1.807, 2.05) is 13.8 Å². The molecule has 0 fully saturated rings. The number of thioether (sulfide) groups is 1. The van der Waals surface area contributed by atoms with Gasteiger partial charge in [0.05, 0.1) is 12.2 Å². The van der Waals surface area contributed by atoms with E-state index in [4.69, 9.17) is 5.11 Å². The Morgan fingerprint density at radius 3 is 2.56 bits per heavy atom. The first-order valence-corrected chi connectivity index (χ1v) is 6.88. The minimum absolute atomic E-state index is 0.328. The summed E-state index contributed by atoms with van der Waals surface area (Å²) in [7, 11) is 0. The number of nitrogens with zero attached hydrogens (tertiary/aromatic N) is 2. The number of aliphatic hydroxyl groups is 2. The van der Waals surface area contributed by atoms with Crippen LogP contribution in [-0.2, 0) is 0 Å². The van der Waals surface area contributed by atoms with Crippen molar-refractivity contribution in [2.24, 2.45) is 0 Å². The van der Waals surface area contributed by atoms with Gasteiger partial charge in [0.15, 0.2) is 4.34 Å². The number of hydrogen-bond donors (Lipinski definition) is 3. The second-order valence-corrected chi connectivity index (χ2v) is 6.04. The molecule has 0 radical (unpaired) electrons. The second-order valence-electron chi connectivity index (χ2n) is 3.79. The number of rotatable bonds is 6. The summed E-state index contributed by atoms with van der Waals surface area (Å²) in [4.78, 5) is 0. The molecule has 0 aromatic carbocycles. The fourth-order valence-electron chi connectivity index (χ4n) is 0.869. The molecule has 0 bridgehead atoms. The SMILES string of the molecule is CC(C)Nc1nnc(SCC(O)C(C)O)s1. The van der Waals surface area contributed by atoms with Gasteiger partial charge in [-0.15, -0.1) is 10.2 Å². The lowest BCUT2D eigenvalue weighted by atomic mass is 10.3. The van der Waals surface area contributed by atoms with Crippen molar-refractivity contribution in [2.75, 3.05) is 11.1 Å². The molecule has 0 saturated carbocycles. The molecule has 1 aromatic heterocycles. The van der Waals surface area contributed by atoms with Gasteiger partial charge in [-0.1, -0.05) is 23.1 Å². The summed E-state index contributed by atoms with van der Waals surface area (Å²) in [6.45, 7) is 5.63. The summed E-state index contributed by atoms with van der Waals surface area (Å²) in [5.41, 5.74) is 0. The summed E-state index contributed by atoms with van der Waals surface area (Å²) in [5, 5.41) is 30.4. The van der Waals surface area contributed by atoms with Crippen LogP contribution in [0.15, 0.2) is 4.34 Å². The maximum atomic E-state index is 9.41. The molecule has 0 spiro atoms. The standard InChI is InChI=1S/C9H17N3O2S2/c1-5(2)10-8-11-12-9(16-8)15-4-7(14)6(3)13/h5-7,13-14H,4H2,1-3H3,(H,10,11). The molecule has 0 aliphatic heterocycles. The van der Waals surface area contributed by atoms with Gasteiger partial charge in [0.1, 0.15) is 0 Å². The zero-order valence-electron chi connectivity index (χ0n) is 9.54. The Labute approximate surface area is 103 Å². The summed E-state index contributed by atoms with van der Waals surface area (Å²) >= 11 is 2.85. The largest absolute Gasteiger partial charge is 0.391 e. The fraction of sp³-hybridized carbons (Fsp3) is 0.778. The van der Waals surface area contributed by atoms with Crippen LogP contribution in [0.3, 0.4) is 0 Å². The smallest absolute Gasteiger partial charge is 0.206 e. The summed E-state index contributed by atoms with van der Waals surface area (Å²) < 4.78 is 0.794. The average Bonchev–Trinajstić information content (AvgIpc) is 2.60. The zero-order valence-corrected chi connectivity index (χ0v) is 11.2. The molecule has 16 heavy (non-hydrogen) atoms. The minimum Gasteiger partial charge on any atom is -0.391 e. The molecule has 3 N–H and O–H groups in total. The van der Waals surface area contributed by atoms with Crippen LogP contribution in [-0.4, -0.2) is 44.4 Å². The van der Waals surface area contributed by atoms with E-state index in [-0.39, 0.29) is 0 Å². The number of aromatic nitrogens is 2. The summed E-state index contributed by atoms with van der Waals surface area (Å²) in [6.07, 6.45) is -1.44. The van der Waals surface area contributed by atoms with E-state index in [1.165, 1.54) is 23.1 Å². The molecule has 0 aliphatic rings. The van der Waals surface area contributed by atoms with Crippen LogP contribution in [0.5, 0.6) is 0 Å². The van der Waals surface area contributed by atoms with E-state index in [0.29, 0.717) is 11.8 Å². The van der Waals surface area contributed by atoms with Gasteiger partial charge in [-0.2, -0.15) is 0 Å². The Balaban J connectivity index is 2.40. The molecular formula is C9H17N3O2S2. The van der Waals surface area contributed by atoms with Crippen molar-refractivity contribution in [3.8, 4) is 0 Å². The first-order chi connectivity index (χ1) is 7.49. The molecule has 0 saturated heterocycles. The van der Waals surface area contributed by atoms with E-state index in [9.17, 15) is 5.11 Å². The van der Waals surface area contributed by atoms with E-state index >= 15 is 0 Å². The summed E-state index contributed by atoms with van der Waals surface area (Å²) in [6, 6.07) is 0.328. The third-order valence-electron chi connectivity index (χ3n) is 1.75. The maximum Gasteiger partial charge on any atom is 0.206 e. The topological polar surface area (TPSA) is 78.3 Å². The van der Waals surface area contributed by atoms with E-state index < -0.39 is 12.2 Å². The lowest BCUT2D eigenvalue weighted by Crippen LogP contribution is -2.24. The lowest BCUT2D eigenvalue weighted by molar-refractivity contribution is 0.0469. The van der Waals surface area contributed by atoms with E-state index in [0.717, 1.165) is 9.47 Å². The van der Waals surface area contributed by atoms with E-state index in [2.05, 4.69) is 15.5 Å². The first kappa shape index (κ1) is 13.7. The normalized spacial score (nSPS) is 15.1. The molecule has 2 unspecified atom stereocenters. The van der Waals surface area contributed by atoms with Gasteiger partial charge in [-0.05, 0) is 20.8 Å². The van der Waals surface area contributed by atoms with Gasteiger partial charge in [-0.25, -0.2) is 0 Å². The molecule has 2 atom stereocenters. The number of aliphatic hydroxyl groups excluding tert-OH is 2. The molecule has 1 aromatic rings. The first-order valence-electron chi connectivity index (χ1n) is 5.08. The van der Waals surface area contributed by atoms with Crippen LogP contribution in [0.4, 0.5) is 5.13 Å². The highest BCUT2D eigenvalue weighted by atomic mass is 32.2. The van der Waals surface area contributed by atoms with Crippen LogP contribution in [0.25, 0.3) is 0 Å². The van der Waals surface area contributed by atoms with Crippen LogP contribution >= 0.6 is 23.1 Å². The predicted octanol–water partition coefficient (Wildman–Crippen LogP) is 1.19. The van der Waals surface area contributed by atoms with Crippen molar-refractivity contribution in [2.45, 2.75) is 43.4 Å². The molecule has 1 rings (SSSR count). The van der Waals surface area contributed by atoms with Crippen molar-refractivity contribution in [1.29, 1.82) is 0 Å². The quantitative estimate of drug-likeness (QED) is 0.669. The Kier molecular flexibility index (Phi) is 5.47. The van der Waals surface area contributed by atoms with Crippen molar-refractivity contribution in [1.82, 2.24) is 10.2 Å². The Morgan fingerprint density at radius 1 is 1.31 bits per heavy atom. The summed E-state index contributed by atoms with van der Waals surface area (Å²) in [5.74, 6) is 0.425. The van der Waals surface area contributed by atoms with Crippen LogP contribution < -0.4 is 5.32 Å². The maximum absolute atomic E-state index is 9.41. The second kappa shape index (κ2) is 6.39. The van der Waals surface area contributed by atoms with Crippen molar-refractivity contribution >= 4 is 28.2 Å². The van der Waals surface area contributed by atoms with Crippen LogP contribution in [0.1, 0.15) is 20.8 Å². The molecule has 0 amide bonds. The number of hydrogen-bond acceptors (Lipinski definition) is 7. The van der Waals surface area contributed by atoms with Crippen LogP contribution in [0.2, 0.25) is 0 Å². The predicted molar refractivity (Wildman–Crippen MR) is 67.1 cm³/mol. The Morgan fingerprint density at radius 2 is 2.00 bits per heavy atom. The average molecular weight is 263 g/mol. The number of nitrogens with one attached hydrogen (secondary N) is 1. The highest BCUT2D eigenvalue weighted by Crippen LogP contribution is 2.26. The van der Waals surface area contributed by atoms with Gasteiger partial charge in [0.25, 0.3) is 0 Å². The Hall–Kier alpha value is -0.370. The molecule has 1 heterocycles. The molecular weight excluding hydrogens is 246 g/mol. The van der Waals surface area contributed by atoms with Crippen molar-refractivity contribution in [3.05, 3.63) is 0 Å². The fourth-order valence-corrected chi connectivity index (χ4v) is 2.86. The number of anilines is 1. The highest BCUT2D eigenvalue weighted by molar-refractivity contribution is 8.01.